The molecule has 0 heterocycles. The Morgan fingerprint density at radius 1 is 1.29 bits per heavy atom. The summed E-state index contributed by atoms with van der Waals surface area (Å²) in [6.45, 7) is 7.04. The van der Waals surface area contributed by atoms with Crippen molar-refractivity contribution >= 4 is 21.7 Å². The highest BCUT2D eigenvalue weighted by atomic mass is 32.2. The molecule has 0 radical (unpaired) electrons. The molecule has 4 atom stereocenters. The van der Waals surface area contributed by atoms with Gasteiger partial charge in [0.15, 0.2) is 9.84 Å². The van der Waals surface area contributed by atoms with Crippen LogP contribution in [-0.2, 0) is 19.4 Å². The van der Waals surface area contributed by atoms with E-state index in [-0.39, 0.29) is 12.0 Å². The largest absolute Gasteiger partial charge is 0.481 e. The molecular formula is C14H25NO5S. The predicted octanol–water partition coefficient (Wildman–Crippen LogP) is 1.06. The maximum Gasteiger partial charge on any atom is 0.307 e. The average molecular weight is 319 g/mol. The molecule has 0 aromatic heterocycles. The monoisotopic (exact) mass is 319 g/mol. The minimum absolute atomic E-state index is 0.0527. The average Bonchev–Trinajstić information content (AvgIpc) is 2.32. The molecule has 0 aliphatic heterocycles. The molecule has 0 aromatic carbocycles. The summed E-state index contributed by atoms with van der Waals surface area (Å²) >= 11 is 0. The number of nitrogens with one attached hydrogen (secondary N) is 1. The zero-order chi connectivity index (χ0) is 16.6. The van der Waals surface area contributed by atoms with Crippen molar-refractivity contribution in [2.45, 2.75) is 51.8 Å². The maximum absolute atomic E-state index is 12.0. The lowest BCUT2D eigenvalue weighted by molar-refractivity contribution is -0.150. The second kappa shape index (κ2) is 5.94. The Hall–Kier alpha value is -1.11. The van der Waals surface area contributed by atoms with Crippen molar-refractivity contribution in [3.8, 4) is 0 Å². The van der Waals surface area contributed by atoms with Crippen LogP contribution in [0.4, 0.5) is 0 Å². The van der Waals surface area contributed by atoms with Crippen LogP contribution in [0.25, 0.3) is 0 Å². The fourth-order valence-electron chi connectivity index (χ4n) is 2.94. The normalized spacial score (nSPS) is 30.4. The molecule has 21 heavy (non-hydrogen) atoms. The van der Waals surface area contributed by atoms with Crippen molar-refractivity contribution in [3.05, 3.63) is 0 Å². The molecular weight excluding hydrogens is 294 g/mol. The maximum atomic E-state index is 12.0. The minimum atomic E-state index is -3.43. The molecule has 0 saturated heterocycles. The van der Waals surface area contributed by atoms with E-state index in [2.05, 4.69) is 5.32 Å². The third kappa shape index (κ3) is 3.75. The highest BCUT2D eigenvalue weighted by Gasteiger charge is 2.47. The van der Waals surface area contributed by atoms with E-state index in [1.165, 1.54) is 6.92 Å². The Morgan fingerprint density at radius 2 is 1.81 bits per heavy atom. The van der Waals surface area contributed by atoms with E-state index in [1.807, 2.05) is 20.8 Å². The molecule has 1 rings (SSSR count). The fourth-order valence-corrected chi connectivity index (χ4v) is 3.39. The molecule has 4 unspecified atom stereocenters. The van der Waals surface area contributed by atoms with E-state index in [4.69, 9.17) is 0 Å². The lowest BCUT2D eigenvalue weighted by atomic mass is 9.61. The van der Waals surface area contributed by atoms with Gasteiger partial charge in [0, 0.05) is 12.3 Å². The van der Waals surface area contributed by atoms with E-state index in [0.29, 0.717) is 12.8 Å². The highest BCUT2D eigenvalue weighted by Crippen LogP contribution is 2.45. The van der Waals surface area contributed by atoms with E-state index in [1.54, 1.807) is 0 Å². The molecule has 122 valence electrons. The summed E-state index contributed by atoms with van der Waals surface area (Å²) in [5, 5.41) is 11.0. The highest BCUT2D eigenvalue weighted by molar-refractivity contribution is 7.92. The van der Waals surface area contributed by atoms with Crippen LogP contribution in [0.1, 0.15) is 40.5 Å². The van der Waals surface area contributed by atoms with Crippen LogP contribution < -0.4 is 5.32 Å². The summed E-state index contributed by atoms with van der Waals surface area (Å²) in [5.74, 6) is -1.84. The smallest absolute Gasteiger partial charge is 0.307 e. The molecule has 1 amide bonds. The zero-order valence-electron chi connectivity index (χ0n) is 13.2. The van der Waals surface area contributed by atoms with Gasteiger partial charge in [0.2, 0.25) is 5.91 Å². The van der Waals surface area contributed by atoms with Gasteiger partial charge in [0.1, 0.15) is 5.25 Å². The van der Waals surface area contributed by atoms with Crippen molar-refractivity contribution in [2.24, 2.45) is 17.3 Å². The summed E-state index contributed by atoms with van der Waals surface area (Å²) < 4.78 is 22.9. The molecule has 2 N–H and O–H groups in total. The summed E-state index contributed by atoms with van der Waals surface area (Å²) in [6, 6.07) is -0.202. The summed E-state index contributed by atoms with van der Waals surface area (Å²) in [4.78, 5) is 23.3. The standard InChI is InChI=1S/C14H25NO5S/c1-8-11(15-12(16)9(2)21(5,19)20)7-6-10(13(17)18)14(8,3)4/h8-11H,6-7H2,1-5H3,(H,15,16)(H,17,18). The Bertz CT molecular complexity index is 525. The van der Waals surface area contributed by atoms with Crippen LogP contribution in [0.2, 0.25) is 0 Å². The van der Waals surface area contributed by atoms with Gasteiger partial charge in [-0.2, -0.15) is 0 Å². The van der Waals surface area contributed by atoms with Gasteiger partial charge in [-0.3, -0.25) is 9.59 Å². The molecule has 1 saturated carbocycles. The molecule has 7 heteroatoms. The fraction of sp³-hybridized carbons (Fsp3) is 0.857. The number of sulfone groups is 1. The van der Waals surface area contributed by atoms with Gasteiger partial charge in [-0.1, -0.05) is 20.8 Å². The first-order chi connectivity index (χ1) is 9.39. The van der Waals surface area contributed by atoms with Gasteiger partial charge in [0.05, 0.1) is 5.92 Å². The molecule has 1 aliphatic carbocycles. The van der Waals surface area contributed by atoms with Crippen LogP contribution in [-0.4, -0.2) is 42.9 Å². The number of rotatable bonds is 4. The summed E-state index contributed by atoms with van der Waals surface area (Å²) in [6.07, 6.45) is 2.06. The first-order valence-electron chi connectivity index (χ1n) is 7.11. The van der Waals surface area contributed by atoms with E-state index in [9.17, 15) is 23.1 Å². The molecule has 0 spiro atoms. The quantitative estimate of drug-likeness (QED) is 0.807. The lowest BCUT2D eigenvalue weighted by Gasteiger charge is -2.46. The SMILES string of the molecule is CC1C(NC(=O)C(C)S(C)(=O)=O)CCC(C(=O)O)C1(C)C. The van der Waals surface area contributed by atoms with Gasteiger partial charge < -0.3 is 10.4 Å². The number of carbonyl (C=O) groups excluding carboxylic acids is 1. The Kier molecular flexibility index (Phi) is 5.08. The number of carbonyl (C=O) groups is 2. The number of hydrogen-bond donors (Lipinski definition) is 2. The van der Waals surface area contributed by atoms with E-state index < -0.39 is 38.3 Å². The van der Waals surface area contributed by atoms with E-state index >= 15 is 0 Å². The number of carboxylic acid groups (broad SMARTS) is 1. The number of amides is 1. The van der Waals surface area contributed by atoms with Gasteiger partial charge >= 0.3 is 5.97 Å². The Labute approximate surface area is 126 Å². The Morgan fingerprint density at radius 3 is 2.24 bits per heavy atom. The first-order valence-corrected chi connectivity index (χ1v) is 9.06. The van der Waals surface area contributed by atoms with Crippen molar-refractivity contribution in [2.75, 3.05) is 6.26 Å². The van der Waals surface area contributed by atoms with Crippen LogP contribution in [0.15, 0.2) is 0 Å². The predicted molar refractivity (Wildman–Crippen MR) is 79.5 cm³/mol. The number of aliphatic carboxylic acids is 1. The number of hydrogen-bond acceptors (Lipinski definition) is 4. The first kappa shape index (κ1) is 17.9. The second-order valence-electron chi connectivity index (χ2n) is 6.67. The summed E-state index contributed by atoms with van der Waals surface area (Å²) in [7, 11) is -3.43. The third-order valence-corrected chi connectivity index (χ3v) is 6.58. The van der Waals surface area contributed by atoms with Crippen molar-refractivity contribution in [1.82, 2.24) is 5.32 Å². The van der Waals surface area contributed by atoms with Crippen molar-refractivity contribution in [3.63, 3.8) is 0 Å². The molecule has 1 aliphatic rings. The number of carboxylic acids is 1. The van der Waals surface area contributed by atoms with Gasteiger partial charge in [0.25, 0.3) is 0 Å². The third-order valence-electron chi connectivity index (χ3n) is 5.08. The molecule has 6 nitrogen and oxygen atoms in total. The minimum Gasteiger partial charge on any atom is -0.481 e. The Balaban J connectivity index is 2.84. The van der Waals surface area contributed by atoms with E-state index in [0.717, 1.165) is 6.26 Å². The van der Waals surface area contributed by atoms with Crippen LogP contribution in [0.3, 0.4) is 0 Å². The van der Waals surface area contributed by atoms with Crippen LogP contribution in [0.5, 0.6) is 0 Å². The summed E-state index contributed by atoms with van der Waals surface area (Å²) in [5.41, 5.74) is -0.462. The molecule has 1 fully saturated rings. The lowest BCUT2D eigenvalue weighted by Crippen LogP contribution is -2.54. The van der Waals surface area contributed by atoms with Crippen molar-refractivity contribution in [1.29, 1.82) is 0 Å². The zero-order valence-corrected chi connectivity index (χ0v) is 14.0. The van der Waals surface area contributed by atoms with Gasteiger partial charge in [-0.15, -0.1) is 0 Å². The van der Waals surface area contributed by atoms with Crippen LogP contribution in [0, 0.1) is 17.3 Å². The molecule has 0 aromatic rings. The second-order valence-corrected chi connectivity index (χ2v) is 9.03. The van der Waals surface area contributed by atoms with Crippen LogP contribution >= 0.6 is 0 Å². The molecule has 0 bridgehead atoms. The van der Waals surface area contributed by atoms with Crippen molar-refractivity contribution < 1.29 is 23.1 Å². The topological polar surface area (TPSA) is 101 Å². The van der Waals surface area contributed by atoms with Gasteiger partial charge in [-0.25, -0.2) is 8.42 Å². The van der Waals surface area contributed by atoms with Gasteiger partial charge in [-0.05, 0) is 31.1 Å².